The fourth-order valence-electron chi connectivity index (χ4n) is 3.91. The Bertz CT molecular complexity index is 422. The van der Waals surface area contributed by atoms with Crippen molar-refractivity contribution in [2.75, 3.05) is 19.6 Å². The number of nitrogens with zero attached hydrogens (tertiary/aromatic N) is 1. The average molecular weight is 292 g/mol. The van der Waals surface area contributed by atoms with Crippen LogP contribution in [0.2, 0.25) is 0 Å². The topological polar surface area (TPSA) is 15.3 Å². The van der Waals surface area contributed by atoms with E-state index in [1.54, 1.807) is 0 Å². The molecular weight excluding hydrogens is 264 g/mol. The highest BCUT2D eigenvalue weighted by Gasteiger charge is 2.45. The van der Waals surface area contributed by atoms with E-state index in [0.717, 1.165) is 0 Å². The Balaban J connectivity index is 1.71. The molecule has 1 aliphatic carbocycles. The SMILES string of the molecule is CCC1(C)CN(CCc2ccsc2)C2(CCCC2)CN1. The summed E-state index contributed by atoms with van der Waals surface area (Å²) in [6.45, 7) is 8.35. The first-order chi connectivity index (χ1) is 9.66. The van der Waals surface area contributed by atoms with Crippen molar-refractivity contribution in [2.24, 2.45) is 0 Å². The first kappa shape index (κ1) is 14.6. The van der Waals surface area contributed by atoms with Gasteiger partial charge in [0.05, 0.1) is 0 Å². The minimum atomic E-state index is 0.308. The van der Waals surface area contributed by atoms with E-state index in [9.17, 15) is 0 Å². The molecule has 2 fully saturated rings. The van der Waals surface area contributed by atoms with Gasteiger partial charge in [-0.05, 0) is 55.0 Å². The molecule has 1 saturated heterocycles. The van der Waals surface area contributed by atoms with Crippen molar-refractivity contribution in [3.63, 3.8) is 0 Å². The highest BCUT2D eigenvalue weighted by atomic mass is 32.1. The van der Waals surface area contributed by atoms with Crippen molar-refractivity contribution >= 4 is 11.3 Å². The van der Waals surface area contributed by atoms with Crippen LogP contribution in [-0.2, 0) is 6.42 Å². The van der Waals surface area contributed by atoms with Crippen LogP contribution in [0.5, 0.6) is 0 Å². The standard InChI is InChI=1S/C17H28N2S/c1-3-16(2)14-19(10-6-15-7-11-20-12-15)17(13-18-16)8-4-5-9-17/h7,11-12,18H,3-6,8-10,13-14H2,1-2H3. The maximum absolute atomic E-state index is 3.86. The third kappa shape index (κ3) is 2.81. The lowest BCUT2D eigenvalue weighted by molar-refractivity contribution is 0.0129. The van der Waals surface area contributed by atoms with Crippen molar-refractivity contribution < 1.29 is 0 Å². The molecule has 2 aliphatic rings. The molecular formula is C17H28N2S. The molecule has 20 heavy (non-hydrogen) atoms. The van der Waals surface area contributed by atoms with Gasteiger partial charge in [-0.3, -0.25) is 4.90 Å². The molecule has 0 amide bonds. The molecule has 1 aliphatic heterocycles. The van der Waals surface area contributed by atoms with E-state index in [-0.39, 0.29) is 0 Å². The molecule has 1 N–H and O–H groups in total. The third-order valence-electron chi connectivity index (χ3n) is 5.62. The molecule has 1 aromatic rings. The number of hydrogen-bond acceptors (Lipinski definition) is 3. The minimum absolute atomic E-state index is 0.308. The fraction of sp³-hybridized carbons (Fsp3) is 0.765. The van der Waals surface area contributed by atoms with Crippen molar-refractivity contribution in [3.8, 4) is 0 Å². The summed E-state index contributed by atoms with van der Waals surface area (Å²) in [6, 6.07) is 2.28. The Labute approximate surface area is 127 Å². The van der Waals surface area contributed by atoms with Gasteiger partial charge in [0.15, 0.2) is 0 Å². The molecule has 1 aromatic heterocycles. The molecule has 2 nitrogen and oxygen atoms in total. The Morgan fingerprint density at radius 3 is 2.80 bits per heavy atom. The smallest absolute Gasteiger partial charge is 0.0335 e. The maximum atomic E-state index is 3.86. The van der Waals surface area contributed by atoms with Crippen molar-refractivity contribution in [2.45, 2.75) is 63.5 Å². The lowest BCUT2D eigenvalue weighted by Crippen LogP contribution is -2.68. The van der Waals surface area contributed by atoms with Crippen LogP contribution in [0, 0.1) is 0 Å². The van der Waals surface area contributed by atoms with E-state index in [2.05, 4.69) is 40.9 Å². The highest BCUT2D eigenvalue weighted by Crippen LogP contribution is 2.39. The number of hydrogen-bond donors (Lipinski definition) is 1. The summed E-state index contributed by atoms with van der Waals surface area (Å²) in [7, 11) is 0. The molecule has 3 heteroatoms. The molecule has 1 unspecified atom stereocenters. The van der Waals surface area contributed by atoms with E-state index in [1.807, 2.05) is 11.3 Å². The summed E-state index contributed by atoms with van der Waals surface area (Å²) in [6.07, 6.45) is 8.05. The molecule has 112 valence electrons. The first-order valence-electron chi connectivity index (χ1n) is 8.17. The van der Waals surface area contributed by atoms with Crippen LogP contribution < -0.4 is 5.32 Å². The molecule has 0 bridgehead atoms. The average Bonchev–Trinajstić information content (AvgIpc) is 3.13. The summed E-state index contributed by atoms with van der Waals surface area (Å²) >= 11 is 1.82. The molecule has 0 aromatic carbocycles. The van der Waals surface area contributed by atoms with Crippen LogP contribution in [0.1, 0.15) is 51.5 Å². The van der Waals surface area contributed by atoms with Crippen molar-refractivity contribution in [1.82, 2.24) is 10.2 Å². The summed E-state index contributed by atoms with van der Waals surface area (Å²) < 4.78 is 0. The van der Waals surface area contributed by atoms with Gasteiger partial charge in [-0.1, -0.05) is 19.8 Å². The Morgan fingerprint density at radius 2 is 2.15 bits per heavy atom. The molecule has 2 heterocycles. The number of thiophene rings is 1. The van der Waals surface area contributed by atoms with Crippen LogP contribution in [0.25, 0.3) is 0 Å². The Morgan fingerprint density at radius 1 is 1.35 bits per heavy atom. The fourth-order valence-corrected chi connectivity index (χ4v) is 4.62. The van der Waals surface area contributed by atoms with E-state index >= 15 is 0 Å². The van der Waals surface area contributed by atoms with Crippen LogP contribution in [0.3, 0.4) is 0 Å². The minimum Gasteiger partial charge on any atom is -0.308 e. The summed E-state index contributed by atoms with van der Waals surface area (Å²) in [5.41, 5.74) is 2.28. The van der Waals surface area contributed by atoms with Crippen molar-refractivity contribution in [3.05, 3.63) is 22.4 Å². The summed E-state index contributed by atoms with van der Waals surface area (Å²) in [4.78, 5) is 2.83. The van der Waals surface area contributed by atoms with E-state index < -0.39 is 0 Å². The molecule has 1 spiro atoms. The largest absolute Gasteiger partial charge is 0.308 e. The normalized spacial score (nSPS) is 30.1. The van der Waals surface area contributed by atoms with Gasteiger partial charge in [0, 0.05) is 30.7 Å². The van der Waals surface area contributed by atoms with Crippen LogP contribution in [-0.4, -0.2) is 35.6 Å². The third-order valence-corrected chi connectivity index (χ3v) is 6.35. The van der Waals surface area contributed by atoms with Gasteiger partial charge in [-0.25, -0.2) is 0 Å². The van der Waals surface area contributed by atoms with Gasteiger partial charge in [0.2, 0.25) is 0 Å². The van der Waals surface area contributed by atoms with Crippen molar-refractivity contribution in [1.29, 1.82) is 0 Å². The second-order valence-electron chi connectivity index (χ2n) is 7.00. The molecule has 1 atom stereocenters. The van der Waals surface area contributed by atoms with Crippen LogP contribution in [0.4, 0.5) is 0 Å². The van der Waals surface area contributed by atoms with Gasteiger partial charge in [0.1, 0.15) is 0 Å². The number of rotatable bonds is 4. The van der Waals surface area contributed by atoms with E-state index in [4.69, 9.17) is 0 Å². The van der Waals surface area contributed by atoms with E-state index in [0.29, 0.717) is 11.1 Å². The van der Waals surface area contributed by atoms with Crippen LogP contribution >= 0.6 is 11.3 Å². The predicted molar refractivity (Wildman–Crippen MR) is 87.5 cm³/mol. The van der Waals surface area contributed by atoms with Gasteiger partial charge >= 0.3 is 0 Å². The zero-order valence-corrected chi connectivity index (χ0v) is 13.8. The maximum Gasteiger partial charge on any atom is 0.0335 e. The van der Waals surface area contributed by atoms with E-state index in [1.165, 1.54) is 63.7 Å². The first-order valence-corrected chi connectivity index (χ1v) is 9.11. The second kappa shape index (κ2) is 5.78. The van der Waals surface area contributed by atoms with Gasteiger partial charge in [-0.15, -0.1) is 0 Å². The monoisotopic (exact) mass is 292 g/mol. The summed E-state index contributed by atoms with van der Waals surface area (Å²) in [5, 5.41) is 8.37. The number of nitrogens with one attached hydrogen (secondary N) is 1. The van der Waals surface area contributed by atoms with Crippen LogP contribution in [0.15, 0.2) is 16.8 Å². The highest BCUT2D eigenvalue weighted by molar-refractivity contribution is 7.07. The second-order valence-corrected chi connectivity index (χ2v) is 7.78. The zero-order chi connectivity index (χ0) is 14.1. The molecule has 1 saturated carbocycles. The Kier molecular flexibility index (Phi) is 4.21. The summed E-state index contributed by atoms with van der Waals surface area (Å²) in [5.74, 6) is 0. The quantitative estimate of drug-likeness (QED) is 0.911. The number of piperazine rings is 1. The zero-order valence-electron chi connectivity index (χ0n) is 13.0. The lowest BCUT2D eigenvalue weighted by Gasteiger charge is -2.52. The lowest BCUT2D eigenvalue weighted by atomic mass is 9.84. The van der Waals surface area contributed by atoms with Gasteiger partial charge < -0.3 is 5.32 Å². The molecule has 0 radical (unpaired) electrons. The predicted octanol–water partition coefficient (Wildman–Crippen LogP) is 3.68. The Hall–Kier alpha value is -0.380. The van der Waals surface area contributed by atoms with Gasteiger partial charge in [-0.2, -0.15) is 11.3 Å². The molecule has 3 rings (SSSR count). The van der Waals surface area contributed by atoms with Gasteiger partial charge in [0.25, 0.3) is 0 Å².